The zero-order valence-electron chi connectivity index (χ0n) is 7.71. The van der Waals surface area contributed by atoms with E-state index in [1.807, 2.05) is 0 Å². The minimum atomic E-state index is 0. The molecule has 1 rings (SSSR count). The topological polar surface area (TPSA) is 68.3 Å². The molecule has 1 aliphatic rings. The summed E-state index contributed by atoms with van der Waals surface area (Å²) in [5.41, 5.74) is 0. The van der Waals surface area contributed by atoms with Crippen LogP contribution in [0.5, 0.6) is 0 Å². The predicted octanol–water partition coefficient (Wildman–Crippen LogP) is 0.302. The van der Waals surface area contributed by atoms with Gasteiger partial charge in [-0.1, -0.05) is 24.3 Å². The first-order valence-electron chi connectivity index (χ1n) is 3.13. The van der Waals surface area contributed by atoms with Gasteiger partial charge in [-0.2, -0.15) is 0 Å². The fraction of sp³-hybridized carbons (Fsp3) is 0.200. The van der Waals surface area contributed by atoms with E-state index in [9.17, 15) is 0 Å². The van der Waals surface area contributed by atoms with Crippen LogP contribution in [0.3, 0.4) is 0 Å². The fourth-order valence-corrected chi connectivity index (χ4v) is 0.542. The van der Waals surface area contributed by atoms with Crippen molar-refractivity contribution in [1.29, 1.82) is 0 Å². The third-order valence-corrected chi connectivity index (χ3v) is 0.883. The van der Waals surface area contributed by atoms with Crippen LogP contribution in [0.15, 0.2) is 24.3 Å². The van der Waals surface area contributed by atoms with Gasteiger partial charge < -0.3 is 0 Å². The maximum Gasteiger partial charge on any atom is 0.281 e. The summed E-state index contributed by atoms with van der Waals surface area (Å²) < 4.78 is 0. The third-order valence-electron chi connectivity index (χ3n) is 0.883. The summed E-state index contributed by atoms with van der Waals surface area (Å²) in [6, 6.07) is 0. The van der Waals surface area contributed by atoms with Crippen molar-refractivity contribution in [1.82, 2.24) is 0 Å². The van der Waals surface area contributed by atoms with Crippen LogP contribution in [0.25, 0.3) is 0 Å². The van der Waals surface area contributed by atoms with Crippen LogP contribution >= 0.6 is 0 Å². The largest absolute Gasteiger partial charge is 0.281 e. The second kappa shape index (κ2) is 77.6. The van der Waals surface area contributed by atoms with Gasteiger partial charge in [0.05, 0.1) is 0 Å². The molecule has 0 bridgehead atoms. The Balaban J connectivity index is -0.0000000325. The van der Waals surface area contributed by atoms with Gasteiger partial charge in [0.15, 0.2) is 0 Å². The Hall–Kier alpha value is -1.22. The van der Waals surface area contributed by atoms with E-state index in [0.717, 1.165) is 0 Å². The molecule has 5 heteroatoms. The van der Waals surface area contributed by atoms with Gasteiger partial charge in [-0.05, 0) is 12.8 Å². The minimum Gasteiger partial charge on any atom is -0.281 e. The molecule has 0 saturated carbocycles. The number of hydrogen-bond donors (Lipinski definition) is 0. The van der Waals surface area contributed by atoms with Crippen molar-refractivity contribution in [3.63, 3.8) is 0 Å². The molecule has 1 aliphatic carbocycles. The second-order valence-corrected chi connectivity index (χ2v) is 1.43. The molecule has 0 heterocycles. The number of hydrogen-bond acceptors (Lipinski definition) is 4. The Bertz CT molecular complexity index is 117. The summed E-state index contributed by atoms with van der Waals surface area (Å²) in [7, 11) is 0. The van der Waals surface area contributed by atoms with Crippen LogP contribution in [-0.4, -0.2) is 27.2 Å². The van der Waals surface area contributed by atoms with Crippen molar-refractivity contribution in [2.45, 2.75) is 12.8 Å². The fourth-order valence-electron chi connectivity index (χ4n) is 0.542. The van der Waals surface area contributed by atoms with Gasteiger partial charge in [0.2, 0.25) is 0 Å². The Morgan fingerprint density at radius 2 is 0.800 bits per heavy atom. The molecule has 0 amide bonds. The van der Waals surface area contributed by atoms with E-state index >= 15 is 0 Å². The van der Waals surface area contributed by atoms with Crippen LogP contribution in [0, 0.1) is 0 Å². The molecule has 0 N–H and O–H groups in total. The van der Waals surface area contributed by atoms with Crippen LogP contribution in [0.4, 0.5) is 0 Å². The molecule has 0 fully saturated rings. The summed E-state index contributed by atoms with van der Waals surface area (Å²) in [6.45, 7) is 18.0. The first-order valence-corrected chi connectivity index (χ1v) is 3.13. The number of allylic oxidation sites excluding steroid dienone is 4. The van der Waals surface area contributed by atoms with Crippen molar-refractivity contribution < 1.29 is 38.7 Å². The molecule has 4 nitrogen and oxygen atoms in total. The Labute approximate surface area is 103 Å². The average molecular weight is 293 g/mol. The quantitative estimate of drug-likeness (QED) is 0.603. The summed E-state index contributed by atoms with van der Waals surface area (Å²) in [4.78, 5) is 30.0. The molecule has 0 atom stereocenters. The van der Waals surface area contributed by atoms with E-state index in [2.05, 4.69) is 51.5 Å². The molecule has 15 heavy (non-hydrogen) atoms. The Kier molecular flexibility index (Phi) is 151. The van der Waals surface area contributed by atoms with Crippen LogP contribution in [0.1, 0.15) is 12.8 Å². The normalized spacial score (nSPS) is 8.53. The molecule has 0 aromatic carbocycles. The van der Waals surface area contributed by atoms with E-state index in [0.29, 0.717) is 0 Å². The standard InChI is InChI=1S/C6H8.4CO.Ru/c1-2-4-6-5-3-1;4*1-2;/h1-4H,5-6H2;;;;;. The van der Waals surface area contributed by atoms with Gasteiger partial charge in [0.25, 0.3) is 27.2 Å². The Morgan fingerprint density at radius 3 is 0.867 bits per heavy atom. The van der Waals surface area contributed by atoms with Gasteiger partial charge in [-0.25, -0.2) is 0 Å². The average Bonchev–Trinajstić information content (AvgIpc) is 2.41. The van der Waals surface area contributed by atoms with Gasteiger partial charge in [-0.15, -0.1) is 0 Å². The van der Waals surface area contributed by atoms with Crippen LogP contribution < -0.4 is 0 Å². The maximum absolute atomic E-state index is 7.50. The van der Waals surface area contributed by atoms with E-state index in [-0.39, 0.29) is 19.5 Å². The smallest absolute Gasteiger partial charge is 0.281 e. The van der Waals surface area contributed by atoms with Gasteiger partial charge >= 0.3 is 0 Å². The summed E-state index contributed by atoms with van der Waals surface area (Å²) in [5, 5.41) is 0. The van der Waals surface area contributed by atoms with Crippen molar-refractivity contribution in [3.05, 3.63) is 24.3 Å². The number of rotatable bonds is 0. The molecule has 0 aliphatic heterocycles. The van der Waals surface area contributed by atoms with E-state index in [1.54, 1.807) is 0 Å². The molecule has 80 valence electrons. The second-order valence-electron chi connectivity index (χ2n) is 1.43. The summed E-state index contributed by atoms with van der Waals surface area (Å²) in [5.74, 6) is 0. The first-order chi connectivity index (χ1) is 7.00. The third kappa shape index (κ3) is 65.0. The van der Waals surface area contributed by atoms with Crippen LogP contribution in [-0.2, 0) is 38.7 Å². The summed E-state index contributed by atoms with van der Waals surface area (Å²) in [6.07, 6.45) is 11.0. The van der Waals surface area contributed by atoms with Crippen molar-refractivity contribution in [2.75, 3.05) is 0 Å². The SMILES string of the molecule is C1=CCCC=C1.[C]=O.[C]=O.[C]=O.[C]=O.[Ru]. The zero-order chi connectivity index (χ0) is 12.2. The van der Waals surface area contributed by atoms with Gasteiger partial charge in [0.1, 0.15) is 0 Å². The Morgan fingerprint density at radius 1 is 0.600 bits per heavy atom. The van der Waals surface area contributed by atoms with Crippen molar-refractivity contribution >= 4 is 27.2 Å². The van der Waals surface area contributed by atoms with E-state index < -0.39 is 0 Å². The summed E-state index contributed by atoms with van der Waals surface area (Å²) >= 11 is 0. The van der Waals surface area contributed by atoms with Crippen molar-refractivity contribution in [3.8, 4) is 0 Å². The van der Waals surface area contributed by atoms with E-state index in [4.69, 9.17) is 19.2 Å². The zero-order valence-corrected chi connectivity index (χ0v) is 9.45. The number of carbonyl (C=O) groups excluding carboxylic acids is 4. The molecule has 0 saturated heterocycles. The van der Waals surface area contributed by atoms with Gasteiger partial charge in [0, 0.05) is 19.5 Å². The van der Waals surface area contributed by atoms with Crippen molar-refractivity contribution in [2.24, 2.45) is 0 Å². The minimum absolute atomic E-state index is 0. The van der Waals surface area contributed by atoms with Gasteiger partial charge in [-0.3, -0.25) is 19.2 Å². The molecule has 0 unspecified atom stereocenters. The molecular weight excluding hydrogens is 285 g/mol. The molecular formula is C10H8O4Ru. The maximum atomic E-state index is 7.50. The van der Waals surface area contributed by atoms with E-state index in [1.165, 1.54) is 12.8 Å². The molecule has 0 aromatic heterocycles. The molecule has 8 radical (unpaired) electrons. The monoisotopic (exact) mass is 294 g/mol. The first kappa shape index (κ1) is 29.2. The predicted molar refractivity (Wildman–Crippen MR) is 50.3 cm³/mol. The van der Waals surface area contributed by atoms with Crippen LogP contribution in [0.2, 0.25) is 0 Å². The molecule has 0 spiro atoms. The molecule has 0 aromatic rings.